The maximum atomic E-state index is 13.2. The van der Waals surface area contributed by atoms with Gasteiger partial charge in [0.25, 0.3) is 5.97 Å². The summed E-state index contributed by atoms with van der Waals surface area (Å²) in [5, 5.41) is 0. The van der Waals surface area contributed by atoms with Gasteiger partial charge in [0.2, 0.25) is 0 Å². The molecule has 0 heterocycles. The van der Waals surface area contributed by atoms with E-state index in [-0.39, 0.29) is 6.61 Å². The maximum absolute atomic E-state index is 13.2. The summed E-state index contributed by atoms with van der Waals surface area (Å²) in [6.07, 6.45) is 9.36. The lowest BCUT2D eigenvalue weighted by molar-refractivity contribution is -0.365. The summed E-state index contributed by atoms with van der Waals surface area (Å²) in [5.41, 5.74) is 0.550. The Morgan fingerprint density at radius 1 is 0.840 bits per heavy atom. The van der Waals surface area contributed by atoms with Crippen LogP contribution in [0.3, 0.4) is 0 Å². The van der Waals surface area contributed by atoms with Gasteiger partial charge in [-0.2, -0.15) is 0 Å². The third-order valence-electron chi connectivity index (χ3n) is 4.34. The number of benzene rings is 1. The number of rotatable bonds is 14. The molecule has 0 aliphatic rings. The van der Waals surface area contributed by atoms with Crippen LogP contribution in [0.5, 0.6) is 0 Å². The summed E-state index contributed by atoms with van der Waals surface area (Å²) in [7, 11) is 3.10. The molecule has 0 amide bonds. The number of methoxy groups -OCH3 is 2. The van der Waals surface area contributed by atoms with Crippen molar-refractivity contribution in [3.05, 3.63) is 35.4 Å². The van der Waals surface area contributed by atoms with E-state index in [9.17, 15) is 8.78 Å². The third kappa shape index (κ3) is 8.75. The predicted octanol–water partition coefficient (Wildman–Crippen LogP) is 5.61. The summed E-state index contributed by atoms with van der Waals surface area (Å²) in [4.78, 5) is 0. The van der Waals surface area contributed by atoms with E-state index >= 15 is 0 Å². The van der Waals surface area contributed by atoms with Gasteiger partial charge in [-0.3, -0.25) is 0 Å². The summed E-state index contributed by atoms with van der Waals surface area (Å²) >= 11 is 0. The van der Waals surface area contributed by atoms with Crippen LogP contribution in [0.1, 0.15) is 63.9 Å². The Bertz CT molecular complexity index is 456. The second-order valence-electron chi connectivity index (χ2n) is 6.34. The lowest BCUT2D eigenvalue weighted by Crippen LogP contribution is -2.37. The molecule has 3 nitrogen and oxygen atoms in total. The first-order valence-electron chi connectivity index (χ1n) is 9.24. The van der Waals surface area contributed by atoms with E-state index < -0.39 is 17.6 Å². The Morgan fingerprint density at radius 2 is 1.40 bits per heavy atom. The van der Waals surface area contributed by atoms with Crippen molar-refractivity contribution in [2.75, 3.05) is 20.8 Å². The van der Waals surface area contributed by atoms with E-state index in [1.807, 2.05) is 0 Å². The van der Waals surface area contributed by atoms with Crippen LogP contribution in [0.2, 0.25) is 0 Å². The molecule has 1 rings (SSSR count). The monoisotopic (exact) mass is 358 g/mol. The molecule has 1 aromatic carbocycles. The van der Waals surface area contributed by atoms with E-state index in [1.165, 1.54) is 44.2 Å². The zero-order valence-corrected chi connectivity index (χ0v) is 15.8. The van der Waals surface area contributed by atoms with Gasteiger partial charge in [0, 0.05) is 26.7 Å². The zero-order valence-electron chi connectivity index (χ0n) is 15.8. The highest BCUT2D eigenvalue weighted by molar-refractivity contribution is 5.17. The smallest absolute Gasteiger partial charge is 0.282 e. The molecule has 0 bridgehead atoms. The average Bonchev–Trinajstić information content (AvgIpc) is 2.58. The molecule has 0 spiro atoms. The van der Waals surface area contributed by atoms with E-state index in [0.29, 0.717) is 18.4 Å². The van der Waals surface area contributed by atoms with Gasteiger partial charge < -0.3 is 14.2 Å². The van der Waals surface area contributed by atoms with Crippen LogP contribution in [0.25, 0.3) is 0 Å². The highest BCUT2D eigenvalue weighted by Crippen LogP contribution is 2.23. The molecule has 1 aromatic rings. The molecule has 5 heteroatoms. The molecule has 0 aliphatic heterocycles. The lowest BCUT2D eigenvalue weighted by Gasteiger charge is -2.30. The largest absolute Gasteiger partial charge is 0.331 e. The predicted molar refractivity (Wildman–Crippen MR) is 95.4 cm³/mol. The van der Waals surface area contributed by atoms with Crippen LogP contribution in [-0.4, -0.2) is 26.8 Å². The van der Waals surface area contributed by atoms with Crippen LogP contribution in [0, 0.1) is 11.6 Å². The fourth-order valence-electron chi connectivity index (χ4n) is 2.86. The minimum Gasteiger partial charge on any atom is -0.331 e. The van der Waals surface area contributed by atoms with Crippen molar-refractivity contribution in [2.45, 2.75) is 70.7 Å². The molecule has 0 unspecified atom stereocenters. The number of hydrogen-bond acceptors (Lipinski definition) is 3. The zero-order chi connectivity index (χ0) is 18.5. The number of hydrogen-bond donors (Lipinski definition) is 0. The fourth-order valence-corrected chi connectivity index (χ4v) is 2.86. The van der Waals surface area contributed by atoms with Gasteiger partial charge in [0.05, 0.1) is 6.61 Å². The van der Waals surface area contributed by atoms with Gasteiger partial charge >= 0.3 is 0 Å². The minimum absolute atomic E-state index is 0.265. The molecule has 0 fully saturated rings. The topological polar surface area (TPSA) is 27.7 Å². The van der Waals surface area contributed by atoms with E-state index in [1.54, 1.807) is 14.2 Å². The molecule has 0 atom stereocenters. The standard InChI is InChI=1S/C20H32F2O3/c1-4-5-6-7-8-9-10-12-20(23-2,24-3)25-13-11-17-14-18(21)16-19(22)15-17/h14-16H,4-13H2,1-3H3. The van der Waals surface area contributed by atoms with Gasteiger partial charge in [-0.05, 0) is 30.5 Å². The van der Waals surface area contributed by atoms with Crippen molar-refractivity contribution < 1.29 is 23.0 Å². The molecule has 0 aromatic heterocycles. The normalized spacial score (nSPS) is 11.9. The summed E-state index contributed by atoms with van der Waals surface area (Å²) in [5.74, 6) is -2.25. The van der Waals surface area contributed by atoms with Gasteiger partial charge in [0.1, 0.15) is 11.6 Å². The summed E-state index contributed by atoms with van der Waals surface area (Å²) < 4.78 is 43.0. The second kappa shape index (κ2) is 12.3. The number of ether oxygens (including phenoxy) is 3. The molecule has 0 aliphatic carbocycles. The Labute approximate surface area is 150 Å². The number of halogens is 2. The van der Waals surface area contributed by atoms with Gasteiger partial charge in [0.15, 0.2) is 0 Å². The minimum atomic E-state index is -1.09. The van der Waals surface area contributed by atoms with Crippen LogP contribution in [0.4, 0.5) is 8.78 Å². The van der Waals surface area contributed by atoms with Crippen LogP contribution >= 0.6 is 0 Å². The quantitative estimate of drug-likeness (QED) is 0.319. The SMILES string of the molecule is CCCCCCCCCC(OC)(OC)OCCc1cc(F)cc(F)c1. The first kappa shape index (κ1) is 22.0. The van der Waals surface area contributed by atoms with Crippen molar-refractivity contribution in [1.29, 1.82) is 0 Å². The average molecular weight is 358 g/mol. The van der Waals surface area contributed by atoms with Gasteiger partial charge in [-0.15, -0.1) is 0 Å². The molecule has 0 saturated carbocycles. The lowest BCUT2D eigenvalue weighted by atomic mass is 10.1. The molecule has 0 radical (unpaired) electrons. The van der Waals surface area contributed by atoms with Crippen molar-refractivity contribution in [3.63, 3.8) is 0 Å². The van der Waals surface area contributed by atoms with Gasteiger partial charge in [-0.1, -0.05) is 45.4 Å². The van der Waals surface area contributed by atoms with Crippen molar-refractivity contribution in [1.82, 2.24) is 0 Å². The highest BCUT2D eigenvalue weighted by Gasteiger charge is 2.30. The molecular formula is C20H32F2O3. The van der Waals surface area contributed by atoms with Crippen molar-refractivity contribution in [2.24, 2.45) is 0 Å². The maximum Gasteiger partial charge on any atom is 0.282 e. The molecule has 144 valence electrons. The summed E-state index contributed by atoms with van der Waals surface area (Å²) in [6, 6.07) is 3.48. The molecule has 0 saturated heterocycles. The van der Waals surface area contributed by atoms with Crippen LogP contribution < -0.4 is 0 Å². The fraction of sp³-hybridized carbons (Fsp3) is 0.700. The molecule has 0 N–H and O–H groups in total. The molecule has 25 heavy (non-hydrogen) atoms. The van der Waals surface area contributed by atoms with Crippen LogP contribution in [-0.2, 0) is 20.6 Å². The van der Waals surface area contributed by atoms with E-state index in [2.05, 4.69) is 6.92 Å². The highest BCUT2D eigenvalue weighted by atomic mass is 19.1. The Kier molecular flexibility index (Phi) is 10.9. The number of unbranched alkanes of at least 4 members (excludes halogenated alkanes) is 6. The van der Waals surface area contributed by atoms with Gasteiger partial charge in [-0.25, -0.2) is 8.78 Å². The van der Waals surface area contributed by atoms with E-state index in [4.69, 9.17) is 14.2 Å². The Morgan fingerprint density at radius 3 is 1.96 bits per heavy atom. The second-order valence-corrected chi connectivity index (χ2v) is 6.34. The Balaban J connectivity index is 2.36. The van der Waals surface area contributed by atoms with Crippen molar-refractivity contribution >= 4 is 0 Å². The summed E-state index contributed by atoms with van der Waals surface area (Å²) in [6.45, 7) is 2.47. The molecular weight excluding hydrogens is 326 g/mol. The van der Waals surface area contributed by atoms with Crippen molar-refractivity contribution in [3.8, 4) is 0 Å². The first-order chi connectivity index (χ1) is 12.0. The third-order valence-corrected chi connectivity index (χ3v) is 4.34. The van der Waals surface area contributed by atoms with E-state index in [0.717, 1.165) is 18.9 Å². The first-order valence-corrected chi connectivity index (χ1v) is 9.24. The Hall–Kier alpha value is -1.04. The van der Waals surface area contributed by atoms with Crippen LogP contribution in [0.15, 0.2) is 18.2 Å².